The maximum absolute atomic E-state index is 5.47. The smallest absolute Gasteiger partial charge is 0.192 e. The Morgan fingerprint density at radius 1 is 1.10 bits per heavy atom. The molecule has 0 spiro atoms. The Bertz CT molecular complexity index is 689. The molecule has 0 aliphatic rings. The van der Waals surface area contributed by atoms with Crippen LogP contribution in [0.3, 0.4) is 0 Å². The first-order valence-electron chi connectivity index (χ1n) is 6.96. The lowest BCUT2D eigenvalue weighted by molar-refractivity contribution is 0.561. The van der Waals surface area contributed by atoms with E-state index in [4.69, 9.17) is 4.42 Å². The second-order valence-corrected chi connectivity index (χ2v) is 4.93. The molecule has 1 heterocycles. The van der Waals surface area contributed by atoms with E-state index in [1.807, 2.05) is 25.1 Å². The first kappa shape index (κ1) is 12.7. The molecule has 3 rings (SSSR count). The fourth-order valence-electron chi connectivity index (χ4n) is 2.32. The Hall–Kier alpha value is -2.29. The van der Waals surface area contributed by atoms with Gasteiger partial charge >= 0.3 is 0 Å². The van der Waals surface area contributed by atoms with Crippen LogP contribution in [0.4, 0.5) is 5.69 Å². The molecule has 1 aromatic heterocycles. The second kappa shape index (κ2) is 5.78. The van der Waals surface area contributed by atoms with Gasteiger partial charge in [-0.1, -0.05) is 30.3 Å². The number of nitrogens with zero attached hydrogens (tertiary/aromatic N) is 1. The van der Waals surface area contributed by atoms with Crippen molar-refractivity contribution in [2.45, 2.75) is 19.8 Å². The molecular formula is C17H18N2O. The van der Waals surface area contributed by atoms with E-state index < -0.39 is 0 Å². The summed E-state index contributed by atoms with van der Waals surface area (Å²) in [6.45, 7) is 2.82. The Balaban J connectivity index is 1.54. The highest BCUT2D eigenvalue weighted by Gasteiger charge is 2.02. The van der Waals surface area contributed by atoms with Crippen molar-refractivity contribution in [1.82, 2.24) is 4.98 Å². The van der Waals surface area contributed by atoms with E-state index in [1.165, 1.54) is 5.56 Å². The van der Waals surface area contributed by atoms with Crippen molar-refractivity contribution in [2.75, 3.05) is 11.9 Å². The molecule has 102 valence electrons. The van der Waals surface area contributed by atoms with E-state index in [2.05, 4.69) is 40.6 Å². The van der Waals surface area contributed by atoms with Crippen molar-refractivity contribution in [3.63, 3.8) is 0 Å². The summed E-state index contributed by atoms with van der Waals surface area (Å²) < 4.78 is 5.47. The number of aryl methyl sites for hydroxylation is 2. The Morgan fingerprint density at radius 3 is 2.80 bits per heavy atom. The highest BCUT2D eigenvalue weighted by atomic mass is 16.3. The number of anilines is 1. The average molecular weight is 266 g/mol. The lowest BCUT2D eigenvalue weighted by atomic mass is 10.1. The number of nitrogens with one attached hydrogen (secondary N) is 1. The molecule has 0 saturated carbocycles. The number of hydrogen-bond acceptors (Lipinski definition) is 3. The van der Waals surface area contributed by atoms with Gasteiger partial charge in [-0.05, 0) is 36.6 Å². The number of fused-ring (bicyclic) bond motifs is 1. The predicted molar refractivity (Wildman–Crippen MR) is 82.0 cm³/mol. The molecule has 1 N–H and O–H groups in total. The number of oxazole rings is 1. The zero-order valence-corrected chi connectivity index (χ0v) is 11.6. The van der Waals surface area contributed by atoms with Crippen LogP contribution in [0, 0.1) is 6.92 Å². The van der Waals surface area contributed by atoms with E-state index >= 15 is 0 Å². The van der Waals surface area contributed by atoms with Crippen LogP contribution in [0.1, 0.15) is 17.9 Å². The van der Waals surface area contributed by atoms with Crippen LogP contribution in [-0.2, 0) is 6.42 Å². The van der Waals surface area contributed by atoms with Crippen LogP contribution < -0.4 is 5.32 Å². The van der Waals surface area contributed by atoms with Crippen molar-refractivity contribution in [3.05, 3.63) is 60.0 Å². The first-order valence-corrected chi connectivity index (χ1v) is 6.96. The van der Waals surface area contributed by atoms with Gasteiger partial charge in [-0.15, -0.1) is 0 Å². The first-order chi connectivity index (χ1) is 9.81. The third kappa shape index (κ3) is 2.99. The van der Waals surface area contributed by atoms with E-state index in [1.54, 1.807) is 0 Å². The quantitative estimate of drug-likeness (QED) is 0.704. The summed E-state index contributed by atoms with van der Waals surface area (Å²) in [5, 5.41) is 3.43. The van der Waals surface area contributed by atoms with Crippen LogP contribution in [0.2, 0.25) is 0 Å². The molecule has 0 amide bonds. The average Bonchev–Trinajstić information content (AvgIpc) is 2.84. The van der Waals surface area contributed by atoms with Crippen molar-refractivity contribution >= 4 is 16.8 Å². The van der Waals surface area contributed by atoms with E-state index in [9.17, 15) is 0 Å². The van der Waals surface area contributed by atoms with Crippen molar-refractivity contribution in [2.24, 2.45) is 0 Å². The molecule has 0 fully saturated rings. The zero-order chi connectivity index (χ0) is 13.8. The summed E-state index contributed by atoms with van der Waals surface area (Å²) in [6.07, 6.45) is 2.21. The minimum Gasteiger partial charge on any atom is -0.441 e. The topological polar surface area (TPSA) is 38.1 Å². The summed E-state index contributed by atoms with van der Waals surface area (Å²) in [7, 11) is 0. The maximum Gasteiger partial charge on any atom is 0.192 e. The molecule has 3 heteroatoms. The Labute approximate surface area is 118 Å². The lowest BCUT2D eigenvalue weighted by Gasteiger charge is -2.06. The largest absolute Gasteiger partial charge is 0.441 e. The summed E-state index contributed by atoms with van der Waals surface area (Å²) in [5.74, 6) is 0.709. The molecular weight excluding hydrogens is 248 g/mol. The predicted octanol–water partition coefficient (Wildman–Crippen LogP) is 4.18. The van der Waals surface area contributed by atoms with Gasteiger partial charge in [-0.2, -0.15) is 0 Å². The minimum atomic E-state index is 0.709. The van der Waals surface area contributed by atoms with Crippen LogP contribution in [-0.4, -0.2) is 11.5 Å². The molecule has 3 nitrogen and oxygen atoms in total. The van der Waals surface area contributed by atoms with Gasteiger partial charge in [0.1, 0.15) is 5.52 Å². The number of hydrogen-bond donors (Lipinski definition) is 1. The third-order valence-electron chi connectivity index (χ3n) is 3.31. The van der Waals surface area contributed by atoms with Gasteiger partial charge < -0.3 is 9.73 Å². The van der Waals surface area contributed by atoms with Gasteiger partial charge in [0, 0.05) is 19.2 Å². The summed E-state index contributed by atoms with van der Waals surface area (Å²) in [4.78, 5) is 4.34. The molecule has 3 aromatic rings. The number of aromatic nitrogens is 1. The van der Waals surface area contributed by atoms with Gasteiger partial charge in [0.25, 0.3) is 0 Å². The molecule has 0 aliphatic carbocycles. The molecule has 0 atom stereocenters. The summed E-state index contributed by atoms with van der Waals surface area (Å²) in [5.41, 5.74) is 4.24. The molecule has 0 saturated heterocycles. The van der Waals surface area contributed by atoms with Crippen LogP contribution in [0.5, 0.6) is 0 Å². The fourth-order valence-corrected chi connectivity index (χ4v) is 2.32. The monoisotopic (exact) mass is 266 g/mol. The Kier molecular flexibility index (Phi) is 3.68. The summed E-state index contributed by atoms with van der Waals surface area (Å²) >= 11 is 0. The zero-order valence-electron chi connectivity index (χ0n) is 11.6. The van der Waals surface area contributed by atoms with Crippen molar-refractivity contribution in [3.8, 4) is 0 Å². The van der Waals surface area contributed by atoms with Gasteiger partial charge in [0.2, 0.25) is 0 Å². The number of benzene rings is 2. The molecule has 20 heavy (non-hydrogen) atoms. The minimum absolute atomic E-state index is 0.709. The van der Waals surface area contributed by atoms with E-state index in [0.717, 1.165) is 36.2 Å². The highest BCUT2D eigenvalue weighted by Crippen LogP contribution is 2.19. The van der Waals surface area contributed by atoms with Crippen LogP contribution in [0.15, 0.2) is 52.9 Å². The van der Waals surface area contributed by atoms with Crippen LogP contribution in [0.25, 0.3) is 11.1 Å². The molecule has 2 aromatic carbocycles. The fraction of sp³-hybridized carbons (Fsp3) is 0.235. The lowest BCUT2D eigenvalue weighted by Crippen LogP contribution is -2.02. The van der Waals surface area contributed by atoms with E-state index in [0.29, 0.717) is 5.89 Å². The molecule has 0 unspecified atom stereocenters. The summed E-state index contributed by atoms with van der Waals surface area (Å²) in [6, 6.07) is 16.6. The van der Waals surface area contributed by atoms with Gasteiger partial charge in [-0.3, -0.25) is 0 Å². The van der Waals surface area contributed by atoms with Crippen LogP contribution >= 0.6 is 0 Å². The van der Waals surface area contributed by atoms with Gasteiger partial charge in [0.15, 0.2) is 11.5 Å². The Morgan fingerprint density at radius 2 is 1.95 bits per heavy atom. The standard InChI is InChI=1S/C17H18N2O/c1-13-19-16-12-15(9-10-17(16)20-13)18-11-5-8-14-6-3-2-4-7-14/h2-4,6-7,9-10,12,18H,5,8,11H2,1H3. The van der Waals surface area contributed by atoms with Gasteiger partial charge in [0.05, 0.1) is 0 Å². The SMILES string of the molecule is Cc1nc2cc(NCCCc3ccccc3)ccc2o1. The second-order valence-electron chi connectivity index (χ2n) is 4.93. The molecule has 0 aliphatic heterocycles. The highest BCUT2D eigenvalue weighted by molar-refractivity contribution is 5.77. The normalized spacial score (nSPS) is 10.8. The number of rotatable bonds is 5. The molecule has 0 radical (unpaired) electrons. The van der Waals surface area contributed by atoms with Gasteiger partial charge in [-0.25, -0.2) is 4.98 Å². The van der Waals surface area contributed by atoms with Crippen molar-refractivity contribution in [1.29, 1.82) is 0 Å². The maximum atomic E-state index is 5.47. The molecule has 0 bridgehead atoms. The van der Waals surface area contributed by atoms with Crippen molar-refractivity contribution < 1.29 is 4.42 Å². The van der Waals surface area contributed by atoms with E-state index in [-0.39, 0.29) is 0 Å². The third-order valence-corrected chi connectivity index (χ3v) is 3.31.